The van der Waals surface area contributed by atoms with Gasteiger partial charge >= 0.3 is 17.9 Å². The molecule has 2 aliphatic carbocycles. The van der Waals surface area contributed by atoms with Crippen LogP contribution in [0.15, 0.2) is 42.5 Å². The summed E-state index contributed by atoms with van der Waals surface area (Å²) in [6.07, 6.45) is 9.41. The minimum atomic E-state index is -0.514. The van der Waals surface area contributed by atoms with Crippen molar-refractivity contribution in [2.75, 3.05) is 6.61 Å². The Morgan fingerprint density at radius 3 is 1.78 bits per heavy atom. The third-order valence-electron chi connectivity index (χ3n) is 7.74. The summed E-state index contributed by atoms with van der Waals surface area (Å²) >= 11 is 0. The molecule has 0 bridgehead atoms. The van der Waals surface area contributed by atoms with Crippen molar-refractivity contribution in [3.8, 4) is 11.5 Å². The van der Waals surface area contributed by atoms with E-state index in [9.17, 15) is 14.4 Å². The summed E-state index contributed by atoms with van der Waals surface area (Å²) in [4.78, 5) is 39.1. The lowest BCUT2D eigenvalue weighted by molar-refractivity contribution is -0.136. The molecule has 0 spiro atoms. The third-order valence-corrected chi connectivity index (χ3v) is 7.74. The summed E-state index contributed by atoms with van der Waals surface area (Å²) in [6.45, 7) is 1.96. The first-order chi connectivity index (χ1) is 18.0. The maximum absolute atomic E-state index is 13.1. The Hall–Kier alpha value is -3.41. The third kappa shape index (κ3) is 5.48. The van der Waals surface area contributed by atoms with Crippen molar-refractivity contribution < 1.29 is 28.6 Å². The van der Waals surface area contributed by atoms with Crippen molar-refractivity contribution in [3.63, 3.8) is 0 Å². The monoisotopic (exact) mass is 502 g/mol. The fourth-order valence-corrected chi connectivity index (χ4v) is 5.95. The van der Waals surface area contributed by atoms with Crippen LogP contribution >= 0.6 is 0 Å². The van der Waals surface area contributed by atoms with Gasteiger partial charge in [0.2, 0.25) is 0 Å². The summed E-state index contributed by atoms with van der Waals surface area (Å²) < 4.78 is 17.4. The normalized spacial score (nSPS) is 16.4. The zero-order valence-electron chi connectivity index (χ0n) is 21.4. The van der Waals surface area contributed by atoms with Gasteiger partial charge in [0.05, 0.1) is 12.2 Å². The van der Waals surface area contributed by atoms with E-state index >= 15 is 0 Å². The van der Waals surface area contributed by atoms with Crippen molar-refractivity contribution >= 4 is 39.5 Å². The Kier molecular flexibility index (Phi) is 7.73. The molecule has 0 saturated heterocycles. The lowest BCUT2D eigenvalue weighted by Crippen LogP contribution is -2.15. The number of rotatable bonds is 8. The van der Waals surface area contributed by atoms with Crippen molar-refractivity contribution in [2.24, 2.45) is 11.8 Å². The lowest BCUT2D eigenvalue weighted by atomic mass is 9.96. The van der Waals surface area contributed by atoms with Gasteiger partial charge in [-0.1, -0.05) is 62.1 Å². The van der Waals surface area contributed by atoms with Crippen LogP contribution in [0.2, 0.25) is 0 Å². The van der Waals surface area contributed by atoms with Gasteiger partial charge in [-0.05, 0) is 50.5 Å². The fraction of sp³-hybridized carbons (Fsp3) is 0.452. The van der Waals surface area contributed by atoms with E-state index in [0.717, 1.165) is 51.4 Å². The highest BCUT2D eigenvalue weighted by Gasteiger charge is 2.27. The molecule has 2 fully saturated rings. The van der Waals surface area contributed by atoms with Gasteiger partial charge in [-0.2, -0.15) is 0 Å². The number of hydrogen-bond donors (Lipinski definition) is 0. The number of carbonyl (C=O) groups excluding carboxylic acids is 3. The van der Waals surface area contributed by atoms with Crippen LogP contribution in [0.25, 0.3) is 21.5 Å². The second-order valence-corrected chi connectivity index (χ2v) is 10.3. The number of ether oxygens (including phenoxy) is 3. The molecule has 0 radical (unpaired) electrons. The number of fused-ring (bicyclic) bond motifs is 2. The Balaban J connectivity index is 1.63. The van der Waals surface area contributed by atoms with E-state index < -0.39 is 5.97 Å². The van der Waals surface area contributed by atoms with E-state index in [1.807, 2.05) is 24.3 Å². The maximum atomic E-state index is 13.1. The topological polar surface area (TPSA) is 78.9 Å². The van der Waals surface area contributed by atoms with Crippen LogP contribution in [-0.4, -0.2) is 24.5 Å². The Morgan fingerprint density at radius 2 is 1.22 bits per heavy atom. The van der Waals surface area contributed by atoms with E-state index in [2.05, 4.69) is 0 Å². The van der Waals surface area contributed by atoms with Crippen molar-refractivity contribution in [3.05, 3.63) is 48.0 Å². The van der Waals surface area contributed by atoms with Crippen molar-refractivity contribution in [1.82, 2.24) is 0 Å². The number of carbonyl (C=O) groups is 3. The summed E-state index contributed by atoms with van der Waals surface area (Å²) in [5, 5.41) is 2.27. The molecule has 2 saturated carbocycles. The van der Waals surface area contributed by atoms with Gasteiger partial charge in [-0.25, -0.2) is 4.79 Å². The highest BCUT2D eigenvalue weighted by atomic mass is 16.5. The molecule has 6 nitrogen and oxygen atoms in total. The molecule has 5 rings (SSSR count). The maximum Gasteiger partial charge on any atom is 0.338 e. The van der Waals surface area contributed by atoms with Gasteiger partial charge < -0.3 is 14.2 Å². The first-order valence-corrected chi connectivity index (χ1v) is 13.6. The predicted molar refractivity (Wildman–Crippen MR) is 142 cm³/mol. The first kappa shape index (κ1) is 25.2. The number of hydrogen-bond acceptors (Lipinski definition) is 6. The van der Waals surface area contributed by atoms with Crippen LogP contribution in [0, 0.1) is 11.8 Å². The van der Waals surface area contributed by atoms with Crippen LogP contribution in [0.1, 0.15) is 81.5 Å². The molecule has 194 valence electrons. The second-order valence-electron chi connectivity index (χ2n) is 10.3. The van der Waals surface area contributed by atoms with E-state index in [4.69, 9.17) is 14.2 Å². The largest absolute Gasteiger partial charge is 0.462 e. The molecule has 3 aromatic carbocycles. The second kappa shape index (κ2) is 11.3. The Labute approximate surface area is 217 Å². The van der Waals surface area contributed by atoms with Gasteiger partial charge in [0, 0.05) is 34.4 Å². The Bertz CT molecular complexity index is 1310. The Morgan fingerprint density at radius 1 is 0.703 bits per heavy atom. The minimum absolute atomic E-state index is 0.211. The van der Waals surface area contributed by atoms with Crippen LogP contribution in [0.3, 0.4) is 0 Å². The van der Waals surface area contributed by atoms with Gasteiger partial charge in [-0.15, -0.1) is 0 Å². The SMILES string of the molecule is CCOC(=O)c1cccc2c(OC(=O)CC3CCCC3)c3ccccc3c(OC(=O)CC3CCCC3)c12. The fourth-order valence-electron chi connectivity index (χ4n) is 5.95. The van der Waals surface area contributed by atoms with E-state index in [1.165, 1.54) is 0 Å². The van der Waals surface area contributed by atoms with E-state index in [1.54, 1.807) is 25.1 Å². The molecule has 0 N–H and O–H groups in total. The molecule has 0 unspecified atom stereocenters. The van der Waals surface area contributed by atoms with E-state index in [0.29, 0.717) is 57.7 Å². The summed E-state index contributed by atoms with van der Waals surface area (Å²) in [7, 11) is 0. The highest BCUT2D eigenvalue weighted by Crippen LogP contribution is 2.45. The van der Waals surface area contributed by atoms with Crippen LogP contribution in [-0.2, 0) is 14.3 Å². The minimum Gasteiger partial charge on any atom is -0.462 e. The predicted octanol–water partition coefficient (Wildman–Crippen LogP) is 7.14. The summed E-state index contributed by atoms with van der Waals surface area (Å²) in [5.74, 6) is 0.248. The molecule has 37 heavy (non-hydrogen) atoms. The van der Waals surface area contributed by atoms with Gasteiger partial charge in [0.1, 0.15) is 11.5 Å². The summed E-state index contributed by atoms with van der Waals surface area (Å²) in [5.41, 5.74) is 0.280. The molecule has 0 heterocycles. The molecule has 6 heteroatoms. The summed E-state index contributed by atoms with van der Waals surface area (Å²) in [6, 6.07) is 12.6. The van der Waals surface area contributed by atoms with Gasteiger partial charge in [0.25, 0.3) is 0 Å². The molecular formula is C31H34O6. The smallest absolute Gasteiger partial charge is 0.338 e. The van der Waals surface area contributed by atoms with Crippen LogP contribution < -0.4 is 9.47 Å². The molecular weight excluding hydrogens is 468 g/mol. The molecule has 0 aliphatic heterocycles. The standard InChI is InChI=1S/C31H34O6/c1-2-35-31(34)25-17-9-16-24-28(25)30(37-27(33)19-21-12-5-6-13-21)23-15-8-7-14-22(23)29(24)36-26(32)18-20-10-3-4-11-20/h7-9,14-17,20-21H,2-6,10-13,18-19H2,1H3. The number of benzene rings is 3. The zero-order valence-corrected chi connectivity index (χ0v) is 21.4. The molecule has 0 aromatic heterocycles. The van der Waals surface area contributed by atoms with Gasteiger partial charge in [-0.3, -0.25) is 9.59 Å². The quantitative estimate of drug-likeness (QED) is 0.185. The van der Waals surface area contributed by atoms with Crippen LogP contribution in [0.4, 0.5) is 0 Å². The van der Waals surface area contributed by atoms with Crippen LogP contribution in [0.5, 0.6) is 11.5 Å². The first-order valence-electron chi connectivity index (χ1n) is 13.6. The van der Waals surface area contributed by atoms with Crippen molar-refractivity contribution in [1.29, 1.82) is 0 Å². The zero-order chi connectivity index (χ0) is 25.8. The van der Waals surface area contributed by atoms with Crippen molar-refractivity contribution in [2.45, 2.75) is 71.1 Å². The van der Waals surface area contributed by atoms with E-state index in [-0.39, 0.29) is 24.1 Å². The molecule has 2 aliphatic rings. The lowest BCUT2D eigenvalue weighted by Gasteiger charge is -2.19. The molecule has 3 aromatic rings. The highest BCUT2D eigenvalue weighted by molar-refractivity contribution is 6.18. The number of esters is 3. The molecule has 0 atom stereocenters. The molecule has 0 amide bonds. The average Bonchev–Trinajstić information content (AvgIpc) is 3.60. The van der Waals surface area contributed by atoms with Gasteiger partial charge in [0.15, 0.2) is 0 Å². The average molecular weight is 503 g/mol.